The number of benzene rings is 1. The van der Waals surface area contributed by atoms with Gasteiger partial charge in [0.15, 0.2) is 5.84 Å². The first-order valence-electron chi connectivity index (χ1n) is 4.11. The van der Waals surface area contributed by atoms with Crippen LogP contribution >= 0.6 is 0 Å². The molecule has 0 aromatic heterocycles. The Kier molecular flexibility index (Phi) is 3.64. The smallest absolute Gasteiger partial charge is 0.158 e. The highest BCUT2D eigenvalue weighted by molar-refractivity contribution is 6.03. The molecule has 1 rings (SSSR count). The number of rotatable bonds is 2. The van der Waals surface area contributed by atoms with Crippen molar-refractivity contribution in [3.8, 4) is 0 Å². The monoisotopic (exact) mass is 172 g/mol. The Bertz CT molecular complexity index is 323. The number of amidine groups is 1. The lowest BCUT2D eigenvalue weighted by molar-refractivity contribution is 1.47. The van der Waals surface area contributed by atoms with E-state index in [2.05, 4.69) is 16.6 Å². The van der Waals surface area contributed by atoms with Crippen LogP contribution in [0, 0.1) is 0 Å². The molecule has 0 aliphatic rings. The predicted octanol–water partition coefficient (Wildman–Crippen LogP) is 2.67. The first-order chi connectivity index (χ1) is 6.38. The Balaban J connectivity index is 3.03. The largest absolute Gasteiger partial charge is 0.241 e. The molecule has 0 atom stereocenters. The van der Waals surface area contributed by atoms with E-state index in [9.17, 15) is 0 Å². The lowest BCUT2D eigenvalue weighted by Gasteiger charge is -1.97. The molecule has 0 heterocycles. The van der Waals surface area contributed by atoms with Crippen molar-refractivity contribution in [1.82, 2.24) is 0 Å². The molecule has 0 saturated carbocycles. The fraction of sp³-hybridized carbons (Fsp3) is 0.0909. The zero-order valence-electron chi connectivity index (χ0n) is 7.64. The summed E-state index contributed by atoms with van der Waals surface area (Å²) in [6, 6.07) is 9.81. The van der Waals surface area contributed by atoms with E-state index in [-0.39, 0.29) is 0 Å². The molecule has 0 N–H and O–H groups in total. The third-order valence-electron chi connectivity index (χ3n) is 1.50. The van der Waals surface area contributed by atoms with Crippen molar-refractivity contribution in [2.24, 2.45) is 9.98 Å². The lowest BCUT2D eigenvalue weighted by Crippen LogP contribution is -1.95. The van der Waals surface area contributed by atoms with Gasteiger partial charge >= 0.3 is 0 Å². The highest BCUT2D eigenvalue weighted by Crippen LogP contribution is 2.02. The minimum absolute atomic E-state index is 0.693. The van der Waals surface area contributed by atoms with Crippen LogP contribution in [0.25, 0.3) is 0 Å². The molecule has 0 amide bonds. The van der Waals surface area contributed by atoms with Crippen molar-refractivity contribution >= 4 is 12.1 Å². The number of nitrogens with zero attached hydrogens (tertiary/aromatic N) is 2. The summed E-state index contributed by atoms with van der Waals surface area (Å²) in [6.45, 7) is 5.41. The van der Waals surface area contributed by atoms with E-state index >= 15 is 0 Å². The summed E-state index contributed by atoms with van der Waals surface area (Å²) in [5.74, 6) is 0.693. The van der Waals surface area contributed by atoms with Gasteiger partial charge in [-0.1, -0.05) is 36.9 Å². The molecule has 0 radical (unpaired) electrons. The van der Waals surface area contributed by atoms with Crippen molar-refractivity contribution in [2.45, 2.75) is 6.92 Å². The maximum Gasteiger partial charge on any atom is 0.158 e. The first-order valence-corrected chi connectivity index (χ1v) is 4.11. The van der Waals surface area contributed by atoms with E-state index in [1.165, 1.54) is 6.20 Å². The van der Waals surface area contributed by atoms with Gasteiger partial charge in [-0.25, -0.2) is 9.98 Å². The molecule has 0 aliphatic heterocycles. The average molecular weight is 172 g/mol. The Morgan fingerprint density at radius 2 is 2.00 bits per heavy atom. The van der Waals surface area contributed by atoms with Crippen LogP contribution in [0.3, 0.4) is 0 Å². The van der Waals surface area contributed by atoms with Crippen LogP contribution in [0.2, 0.25) is 0 Å². The summed E-state index contributed by atoms with van der Waals surface area (Å²) in [4.78, 5) is 8.20. The lowest BCUT2D eigenvalue weighted by atomic mass is 10.2. The molecule has 66 valence electrons. The minimum atomic E-state index is 0.693. The second-order valence-corrected chi connectivity index (χ2v) is 2.39. The molecule has 2 heteroatoms. The van der Waals surface area contributed by atoms with E-state index in [1.54, 1.807) is 6.21 Å². The van der Waals surface area contributed by atoms with Crippen LogP contribution in [0.15, 0.2) is 53.1 Å². The molecule has 1 aromatic carbocycles. The summed E-state index contributed by atoms with van der Waals surface area (Å²) in [5.41, 5.74) is 1.00. The van der Waals surface area contributed by atoms with Gasteiger partial charge in [0.05, 0.1) is 0 Å². The number of hydrogen-bond acceptors (Lipinski definition) is 1. The Morgan fingerprint density at radius 3 is 2.54 bits per heavy atom. The van der Waals surface area contributed by atoms with Crippen LogP contribution in [-0.4, -0.2) is 12.1 Å². The van der Waals surface area contributed by atoms with Crippen molar-refractivity contribution in [1.29, 1.82) is 0 Å². The Morgan fingerprint density at radius 1 is 1.31 bits per heavy atom. The summed E-state index contributed by atoms with van der Waals surface area (Å²) in [6.07, 6.45) is 3.21. The van der Waals surface area contributed by atoms with Crippen LogP contribution in [-0.2, 0) is 0 Å². The molecule has 0 bridgehead atoms. The summed E-state index contributed by atoms with van der Waals surface area (Å²) < 4.78 is 0. The van der Waals surface area contributed by atoms with Gasteiger partial charge in [-0.2, -0.15) is 0 Å². The molecule has 1 aromatic rings. The van der Waals surface area contributed by atoms with Gasteiger partial charge < -0.3 is 0 Å². The SMILES string of the molecule is C=C/N=C(\N=C/C)c1ccccc1. The van der Waals surface area contributed by atoms with Crippen LogP contribution in [0.1, 0.15) is 12.5 Å². The topological polar surface area (TPSA) is 24.7 Å². The maximum atomic E-state index is 4.14. The highest BCUT2D eigenvalue weighted by atomic mass is 14.9. The third-order valence-corrected chi connectivity index (χ3v) is 1.50. The fourth-order valence-electron chi connectivity index (χ4n) is 0.978. The first kappa shape index (κ1) is 9.39. The van der Waals surface area contributed by atoms with E-state index in [0.717, 1.165) is 5.56 Å². The highest BCUT2D eigenvalue weighted by Gasteiger charge is 1.96. The van der Waals surface area contributed by atoms with Gasteiger partial charge in [-0.15, -0.1) is 0 Å². The maximum absolute atomic E-state index is 4.14. The van der Waals surface area contributed by atoms with Gasteiger partial charge in [0.1, 0.15) is 0 Å². The van der Waals surface area contributed by atoms with Crippen molar-refractivity contribution in [2.75, 3.05) is 0 Å². The van der Waals surface area contributed by atoms with Gasteiger partial charge in [0.25, 0.3) is 0 Å². The van der Waals surface area contributed by atoms with Crippen LogP contribution in [0.5, 0.6) is 0 Å². The molecule has 2 nitrogen and oxygen atoms in total. The average Bonchev–Trinajstić information content (AvgIpc) is 2.19. The quantitative estimate of drug-likeness (QED) is 0.484. The normalized spacial score (nSPS) is 11.9. The van der Waals surface area contributed by atoms with Gasteiger partial charge in [0, 0.05) is 18.0 Å². The number of aliphatic imine (C=N–C) groups is 2. The van der Waals surface area contributed by atoms with Gasteiger partial charge in [0.2, 0.25) is 0 Å². The van der Waals surface area contributed by atoms with Crippen LogP contribution in [0.4, 0.5) is 0 Å². The van der Waals surface area contributed by atoms with E-state index in [4.69, 9.17) is 0 Å². The zero-order valence-corrected chi connectivity index (χ0v) is 7.64. The minimum Gasteiger partial charge on any atom is -0.241 e. The molecule has 0 saturated heterocycles. The van der Waals surface area contributed by atoms with Gasteiger partial charge in [-0.3, -0.25) is 0 Å². The molecule has 0 spiro atoms. The summed E-state index contributed by atoms with van der Waals surface area (Å²) in [5, 5.41) is 0. The second-order valence-electron chi connectivity index (χ2n) is 2.39. The van der Waals surface area contributed by atoms with Crippen molar-refractivity contribution in [3.63, 3.8) is 0 Å². The molecule has 0 aliphatic carbocycles. The van der Waals surface area contributed by atoms with E-state index < -0.39 is 0 Å². The summed E-state index contributed by atoms with van der Waals surface area (Å²) in [7, 11) is 0. The molecule has 0 unspecified atom stereocenters. The molecular formula is C11H12N2. The standard InChI is InChI=1S/C11H12N2/c1-3-12-11(13-4-2)10-8-6-5-7-9-10/h3-9H,1H2,2H3/b12-11-,13-4-. The zero-order chi connectivity index (χ0) is 9.52. The molecular weight excluding hydrogens is 160 g/mol. The van der Waals surface area contributed by atoms with Crippen molar-refractivity contribution < 1.29 is 0 Å². The Labute approximate surface area is 78.4 Å². The predicted molar refractivity (Wildman–Crippen MR) is 57.3 cm³/mol. The fourth-order valence-corrected chi connectivity index (χ4v) is 0.978. The third kappa shape index (κ3) is 2.67. The van der Waals surface area contributed by atoms with Gasteiger partial charge in [-0.05, 0) is 6.92 Å². The van der Waals surface area contributed by atoms with E-state index in [0.29, 0.717) is 5.84 Å². The van der Waals surface area contributed by atoms with E-state index in [1.807, 2.05) is 37.3 Å². The molecule has 0 fully saturated rings. The molecule has 13 heavy (non-hydrogen) atoms. The second kappa shape index (κ2) is 5.04. The van der Waals surface area contributed by atoms with Crippen molar-refractivity contribution in [3.05, 3.63) is 48.7 Å². The summed E-state index contributed by atoms with van der Waals surface area (Å²) >= 11 is 0. The van der Waals surface area contributed by atoms with Crippen LogP contribution < -0.4 is 0 Å². The number of hydrogen-bond donors (Lipinski definition) is 0. The Hall–Kier alpha value is -1.70.